The molecule has 0 atom stereocenters. The maximum absolute atomic E-state index is 13.1. The van der Waals surface area contributed by atoms with E-state index in [2.05, 4.69) is 0 Å². The first kappa shape index (κ1) is 11.4. The molecule has 0 amide bonds. The second-order valence-electron chi connectivity index (χ2n) is 2.63. The van der Waals surface area contributed by atoms with Crippen LogP contribution in [0.15, 0.2) is 17.0 Å². The molecule has 78 valence electrons. The van der Waals surface area contributed by atoms with Crippen molar-refractivity contribution in [2.45, 2.75) is 18.2 Å². The minimum Gasteiger partial charge on any atom is -0.207 e. The van der Waals surface area contributed by atoms with E-state index in [4.69, 9.17) is 10.7 Å². The fourth-order valence-electron chi connectivity index (χ4n) is 1.17. The summed E-state index contributed by atoms with van der Waals surface area (Å²) in [6.07, 6.45) is 0.0604. The van der Waals surface area contributed by atoms with E-state index in [0.29, 0.717) is 0 Å². The van der Waals surface area contributed by atoms with Gasteiger partial charge in [-0.1, -0.05) is 6.92 Å². The third-order valence-electron chi connectivity index (χ3n) is 1.75. The van der Waals surface area contributed by atoms with Gasteiger partial charge < -0.3 is 0 Å². The van der Waals surface area contributed by atoms with E-state index in [1.54, 1.807) is 0 Å². The summed E-state index contributed by atoms with van der Waals surface area (Å²) < 4.78 is 48.0. The quantitative estimate of drug-likeness (QED) is 0.744. The molecule has 0 spiro atoms. The maximum atomic E-state index is 13.1. The van der Waals surface area contributed by atoms with E-state index in [0.717, 1.165) is 12.1 Å². The molecule has 14 heavy (non-hydrogen) atoms. The van der Waals surface area contributed by atoms with Crippen molar-refractivity contribution in [1.29, 1.82) is 0 Å². The average molecular weight is 241 g/mol. The largest absolute Gasteiger partial charge is 0.264 e. The fraction of sp³-hybridized carbons (Fsp3) is 0.250. The summed E-state index contributed by atoms with van der Waals surface area (Å²) in [6, 6.07) is 1.61. The lowest BCUT2D eigenvalue weighted by atomic mass is 10.1. The van der Waals surface area contributed by atoms with Crippen molar-refractivity contribution in [3.8, 4) is 0 Å². The Morgan fingerprint density at radius 3 is 2.14 bits per heavy atom. The zero-order valence-corrected chi connectivity index (χ0v) is 8.79. The molecule has 1 aromatic carbocycles. The average Bonchev–Trinajstić information content (AvgIpc) is 2.06. The molecule has 6 heteroatoms. The van der Waals surface area contributed by atoms with Gasteiger partial charge in [0.25, 0.3) is 9.05 Å². The van der Waals surface area contributed by atoms with Crippen LogP contribution in [0.5, 0.6) is 0 Å². The number of hydrogen-bond acceptors (Lipinski definition) is 2. The first-order valence-electron chi connectivity index (χ1n) is 3.79. The molecule has 1 aromatic rings. The summed E-state index contributed by atoms with van der Waals surface area (Å²) in [4.78, 5) is -0.762. The van der Waals surface area contributed by atoms with E-state index < -0.39 is 25.6 Å². The van der Waals surface area contributed by atoms with E-state index in [9.17, 15) is 17.2 Å². The van der Waals surface area contributed by atoms with Crippen LogP contribution < -0.4 is 0 Å². The Hall–Kier alpha value is -0.680. The third kappa shape index (κ3) is 2.04. The highest BCUT2D eigenvalue weighted by Gasteiger charge is 2.22. The van der Waals surface area contributed by atoms with Crippen LogP contribution in [0.1, 0.15) is 12.5 Å². The fourth-order valence-corrected chi connectivity index (χ4v) is 2.51. The molecule has 0 saturated heterocycles. The smallest absolute Gasteiger partial charge is 0.207 e. The van der Waals surface area contributed by atoms with Crippen LogP contribution in [-0.4, -0.2) is 8.42 Å². The minimum atomic E-state index is -4.24. The Labute approximate surface area is 84.9 Å². The Kier molecular flexibility index (Phi) is 3.11. The van der Waals surface area contributed by atoms with Gasteiger partial charge in [-0.3, -0.25) is 0 Å². The van der Waals surface area contributed by atoms with Crippen molar-refractivity contribution < 1.29 is 17.2 Å². The van der Waals surface area contributed by atoms with Gasteiger partial charge >= 0.3 is 0 Å². The van der Waals surface area contributed by atoms with Crippen LogP contribution in [0.25, 0.3) is 0 Å². The molecule has 0 unspecified atom stereocenters. The molecule has 2 nitrogen and oxygen atoms in total. The Bertz CT molecular complexity index is 457. The first-order chi connectivity index (χ1) is 6.38. The summed E-state index contributed by atoms with van der Waals surface area (Å²) in [5.74, 6) is -1.80. The number of hydrogen-bond donors (Lipinski definition) is 0. The zero-order valence-electron chi connectivity index (χ0n) is 7.22. The molecular weight excluding hydrogens is 234 g/mol. The summed E-state index contributed by atoms with van der Waals surface area (Å²) in [5, 5.41) is 0. The van der Waals surface area contributed by atoms with Crippen molar-refractivity contribution in [3.63, 3.8) is 0 Å². The second-order valence-corrected chi connectivity index (χ2v) is 5.13. The standard InChI is InChI=1S/C8H7ClF2O2S/c1-2-5-6(10)3-4-7(11)8(5)14(9,12)13/h3-4H,2H2,1H3. The lowest BCUT2D eigenvalue weighted by Gasteiger charge is -2.06. The highest BCUT2D eigenvalue weighted by atomic mass is 35.7. The summed E-state index contributed by atoms with van der Waals surface area (Å²) in [7, 11) is 0.744. The summed E-state index contributed by atoms with van der Waals surface area (Å²) in [6.45, 7) is 1.52. The SMILES string of the molecule is CCc1c(F)ccc(F)c1S(=O)(=O)Cl. The molecule has 0 aromatic heterocycles. The molecule has 0 heterocycles. The highest BCUT2D eigenvalue weighted by Crippen LogP contribution is 2.25. The molecule has 0 N–H and O–H groups in total. The maximum Gasteiger partial charge on any atom is 0.264 e. The Balaban J connectivity index is 3.63. The van der Waals surface area contributed by atoms with Gasteiger partial charge in [0.2, 0.25) is 0 Å². The van der Waals surface area contributed by atoms with E-state index in [1.807, 2.05) is 0 Å². The molecule has 0 saturated carbocycles. The predicted octanol–water partition coefficient (Wildman–Crippen LogP) is 2.45. The lowest BCUT2D eigenvalue weighted by Crippen LogP contribution is -2.03. The number of halogens is 3. The van der Waals surface area contributed by atoms with Crippen LogP contribution in [0.2, 0.25) is 0 Å². The lowest BCUT2D eigenvalue weighted by molar-refractivity contribution is 0.547. The molecule has 0 aliphatic carbocycles. The van der Waals surface area contributed by atoms with Crippen LogP contribution in [0, 0.1) is 11.6 Å². The summed E-state index contributed by atoms with van der Waals surface area (Å²) in [5.41, 5.74) is -0.222. The van der Waals surface area contributed by atoms with Gasteiger partial charge in [0, 0.05) is 16.2 Å². The van der Waals surface area contributed by atoms with Crippen molar-refractivity contribution >= 4 is 19.7 Å². The van der Waals surface area contributed by atoms with Crippen molar-refractivity contribution in [3.05, 3.63) is 29.3 Å². The molecular formula is C8H7ClF2O2S. The van der Waals surface area contributed by atoms with E-state index in [-0.39, 0.29) is 12.0 Å². The van der Waals surface area contributed by atoms with Crippen LogP contribution in [-0.2, 0) is 15.5 Å². The minimum absolute atomic E-state index is 0.0604. The van der Waals surface area contributed by atoms with Gasteiger partial charge in [-0.25, -0.2) is 17.2 Å². The molecule has 0 bridgehead atoms. The Morgan fingerprint density at radius 2 is 1.79 bits per heavy atom. The van der Waals surface area contributed by atoms with Crippen molar-refractivity contribution in [2.75, 3.05) is 0 Å². The van der Waals surface area contributed by atoms with Crippen LogP contribution in [0.3, 0.4) is 0 Å². The predicted molar refractivity (Wildman–Crippen MR) is 48.8 cm³/mol. The molecule has 0 aliphatic rings. The monoisotopic (exact) mass is 240 g/mol. The number of benzene rings is 1. The van der Waals surface area contributed by atoms with Gasteiger partial charge in [-0.15, -0.1) is 0 Å². The van der Waals surface area contributed by atoms with Crippen LogP contribution >= 0.6 is 10.7 Å². The van der Waals surface area contributed by atoms with Crippen molar-refractivity contribution in [1.82, 2.24) is 0 Å². The number of rotatable bonds is 2. The van der Waals surface area contributed by atoms with Gasteiger partial charge in [0.05, 0.1) is 0 Å². The normalized spacial score (nSPS) is 11.7. The second kappa shape index (κ2) is 3.82. The van der Waals surface area contributed by atoms with Crippen LogP contribution in [0.4, 0.5) is 8.78 Å². The van der Waals surface area contributed by atoms with Gasteiger partial charge in [0.15, 0.2) is 0 Å². The van der Waals surface area contributed by atoms with Crippen molar-refractivity contribution in [2.24, 2.45) is 0 Å². The zero-order chi connectivity index (χ0) is 10.9. The van der Waals surface area contributed by atoms with Gasteiger partial charge in [-0.2, -0.15) is 0 Å². The first-order valence-corrected chi connectivity index (χ1v) is 6.10. The van der Waals surface area contributed by atoms with E-state index >= 15 is 0 Å². The summed E-state index contributed by atoms with van der Waals surface area (Å²) >= 11 is 0. The topological polar surface area (TPSA) is 34.1 Å². The molecule has 0 fully saturated rings. The molecule has 1 rings (SSSR count). The van der Waals surface area contributed by atoms with Gasteiger partial charge in [-0.05, 0) is 18.6 Å². The Morgan fingerprint density at radius 1 is 1.29 bits per heavy atom. The van der Waals surface area contributed by atoms with E-state index in [1.165, 1.54) is 6.92 Å². The third-order valence-corrected chi connectivity index (χ3v) is 3.14. The molecule has 0 radical (unpaired) electrons. The van der Waals surface area contributed by atoms with Gasteiger partial charge in [0.1, 0.15) is 16.5 Å². The molecule has 0 aliphatic heterocycles. The highest BCUT2D eigenvalue weighted by molar-refractivity contribution is 8.13.